The molecule has 0 heterocycles. The van der Waals surface area contributed by atoms with Gasteiger partial charge in [-0.1, -0.05) is 0 Å². The number of nitrogens with zero attached hydrogens (tertiary/aromatic N) is 1. The Bertz CT molecular complexity index is 308. The number of thiocarbonyl (C=S) groups is 1. The minimum atomic E-state index is 0.690. The summed E-state index contributed by atoms with van der Waals surface area (Å²) < 4.78 is 5.05. The van der Waals surface area contributed by atoms with E-state index in [1.807, 2.05) is 43.3 Å². The van der Waals surface area contributed by atoms with E-state index in [1.165, 1.54) is 0 Å². The summed E-state index contributed by atoms with van der Waals surface area (Å²) in [5.41, 5.74) is 0.963. The molecule has 0 atom stereocenters. The lowest BCUT2D eigenvalue weighted by Crippen LogP contribution is -2.26. The van der Waals surface area contributed by atoms with Crippen LogP contribution in [0.3, 0.4) is 0 Å². The van der Waals surface area contributed by atoms with E-state index in [2.05, 4.69) is 5.32 Å². The zero-order valence-corrected chi connectivity index (χ0v) is 9.39. The number of hydrogen-bond acceptors (Lipinski definition) is 2. The lowest BCUT2D eigenvalue weighted by molar-refractivity contribution is 0.415. The predicted molar refractivity (Wildman–Crippen MR) is 62.9 cm³/mol. The molecule has 0 amide bonds. The van der Waals surface area contributed by atoms with Crippen molar-refractivity contribution in [2.45, 2.75) is 0 Å². The van der Waals surface area contributed by atoms with E-state index in [0.717, 1.165) is 11.4 Å². The lowest BCUT2D eigenvalue weighted by atomic mass is 10.3. The molecule has 0 saturated carbocycles. The van der Waals surface area contributed by atoms with E-state index in [4.69, 9.17) is 17.0 Å². The molecular formula is C10H14N2OS. The van der Waals surface area contributed by atoms with E-state index >= 15 is 0 Å². The molecule has 1 rings (SSSR count). The van der Waals surface area contributed by atoms with Crippen LogP contribution in [-0.2, 0) is 0 Å². The molecule has 0 unspecified atom stereocenters. The van der Waals surface area contributed by atoms with Gasteiger partial charge in [0, 0.05) is 19.8 Å². The van der Waals surface area contributed by atoms with Gasteiger partial charge in [-0.2, -0.15) is 0 Å². The second-order valence-electron chi connectivity index (χ2n) is 3.05. The maximum atomic E-state index is 5.10. The van der Waals surface area contributed by atoms with Crippen molar-refractivity contribution in [3.63, 3.8) is 0 Å². The molecule has 0 aliphatic rings. The van der Waals surface area contributed by atoms with Crippen LogP contribution < -0.4 is 10.1 Å². The van der Waals surface area contributed by atoms with Crippen LogP contribution in [0, 0.1) is 0 Å². The Morgan fingerprint density at radius 1 is 1.29 bits per heavy atom. The second-order valence-corrected chi connectivity index (χ2v) is 3.44. The zero-order valence-electron chi connectivity index (χ0n) is 8.57. The number of rotatable bonds is 2. The first-order chi connectivity index (χ1) is 6.63. The minimum absolute atomic E-state index is 0.690. The molecule has 0 aromatic heterocycles. The van der Waals surface area contributed by atoms with Crippen molar-refractivity contribution in [1.82, 2.24) is 4.90 Å². The quantitative estimate of drug-likeness (QED) is 0.754. The molecule has 0 aliphatic heterocycles. The summed E-state index contributed by atoms with van der Waals surface area (Å²) in [5, 5.41) is 3.78. The number of hydrogen-bond donors (Lipinski definition) is 1. The number of benzene rings is 1. The van der Waals surface area contributed by atoms with Crippen molar-refractivity contribution in [3.8, 4) is 5.75 Å². The maximum Gasteiger partial charge on any atom is 0.172 e. The number of ether oxygens (including phenoxy) is 1. The van der Waals surface area contributed by atoms with Crippen molar-refractivity contribution < 1.29 is 4.74 Å². The SMILES string of the molecule is COc1ccc(NC(=S)N(C)C)cc1. The molecule has 1 aromatic carbocycles. The fraction of sp³-hybridized carbons (Fsp3) is 0.300. The first-order valence-electron chi connectivity index (χ1n) is 4.26. The first-order valence-corrected chi connectivity index (χ1v) is 4.66. The maximum absolute atomic E-state index is 5.10. The molecule has 0 radical (unpaired) electrons. The monoisotopic (exact) mass is 210 g/mol. The van der Waals surface area contributed by atoms with Gasteiger partial charge in [0.15, 0.2) is 5.11 Å². The minimum Gasteiger partial charge on any atom is -0.497 e. The van der Waals surface area contributed by atoms with Crippen LogP contribution in [0.2, 0.25) is 0 Å². The molecule has 0 bridgehead atoms. The van der Waals surface area contributed by atoms with Gasteiger partial charge in [-0.05, 0) is 36.5 Å². The summed E-state index contributed by atoms with van der Waals surface area (Å²) in [7, 11) is 5.45. The largest absolute Gasteiger partial charge is 0.497 e. The van der Waals surface area contributed by atoms with Gasteiger partial charge in [-0.15, -0.1) is 0 Å². The second kappa shape index (κ2) is 4.81. The summed E-state index contributed by atoms with van der Waals surface area (Å²) in [5.74, 6) is 0.839. The van der Waals surface area contributed by atoms with E-state index in [0.29, 0.717) is 5.11 Å². The van der Waals surface area contributed by atoms with Crippen LogP contribution in [0.15, 0.2) is 24.3 Å². The van der Waals surface area contributed by atoms with Crippen molar-refractivity contribution in [1.29, 1.82) is 0 Å². The highest BCUT2D eigenvalue weighted by molar-refractivity contribution is 7.80. The number of methoxy groups -OCH3 is 1. The highest BCUT2D eigenvalue weighted by atomic mass is 32.1. The Balaban J connectivity index is 2.64. The van der Waals surface area contributed by atoms with Gasteiger partial charge in [0.25, 0.3) is 0 Å². The third-order valence-electron chi connectivity index (χ3n) is 1.75. The summed E-state index contributed by atoms with van der Waals surface area (Å²) in [4.78, 5) is 1.85. The van der Waals surface area contributed by atoms with Gasteiger partial charge in [-0.3, -0.25) is 0 Å². The molecule has 1 aromatic rings. The summed E-state index contributed by atoms with van der Waals surface area (Å²) in [6.45, 7) is 0. The van der Waals surface area contributed by atoms with Crippen molar-refractivity contribution in [2.75, 3.05) is 26.5 Å². The Morgan fingerprint density at radius 3 is 2.29 bits per heavy atom. The summed E-state index contributed by atoms with van der Waals surface area (Å²) in [6, 6.07) is 7.63. The standard InChI is InChI=1S/C10H14N2OS/c1-12(2)10(14)11-8-4-6-9(13-3)7-5-8/h4-7H,1-3H3,(H,11,14). The third kappa shape index (κ3) is 2.88. The number of nitrogens with one attached hydrogen (secondary N) is 1. The Kier molecular flexibility index (Phi) is 3.71. The number of anilines is 1. The van der Waals surface area contributed by atoms with E-state index in [-0.39, 0.29) is 0 Å². The van der Waals surface area contributed by atoms with Gasteiger partial charge in [0.1, 0.15) is 5.75 Å². The molecule has 76 valence electrons. The Hall–Kier alpha value is -1.29. The van der Waals surface area contributed by atoms with Crippen molar-refractivity contribution in [3.05, 3.63) is 24.3 Å². The van der Waals surface area contributed by atoms with Gasteiger partial charge in [0.05, 0.1) is 7.11 Å². The van der Waals surface area contributed by atoms with Gasteiger partial charge in [0.2, 0.25) is 0 Å². The predicted octanol–water partition coefficient (Wildman–Crippen LogP) is 1.95. The zero-order chi connectivity index (χ0) is 10.6. The van der Waals surface area contributed by atoms with Crippen LogP contribution in [0.1, 0.15) is 0 Å². The lowest BCUT2D eigenvalue weighted by Gasteiger charge is -2.15. The van der Waals surface area contributed by atoms with E-state index < -0.39 is 0 Å². The average molecular weight is 210 g/mol. The summed E-state index contributed by atoms with van der Waals surface area (Å²) in [6.07, 6.45) is 0. The molecule has 0 spiro atoms. The molecule has 1 N–H and O–H groups in total. The van der Waals surface area contributed by atoms with Crippen LogP contribution >= 0.6 is 12.2 Å². The summed E-state index contributed by atoms with van der Waals surface area (Å²) >= 11 is 5.10. The van der Waals surface area contributed by atoms with Crippen LogP contribution in [0.25, 0.3) is 0 Å². The molecule has 3 nitrogen and oxygen atoms in total. The Morgan fingerprint density at radius 2 is 1.86 bits per heavy atom. The van der Waals surface area contributed by atoms with Crippen LogP contribution in [0.5, 0.6) is 5.75 Å². The van der Waals surface area contributed by atoms with Gasteiger partial charge < -0.3 is 15.0 Å². The van der Waals surface area contributed by atoms with Gasteiger partial charge >= 0.3 is 0 Å². The van der Waals surface area contributed by atoms with Crippen molar-refractivity contribution in [2.24, 2.45) is 0 Å². The third-order valence-corrected chi connectivity index (χ3v) is 2.21. The molecule has 14 heavy (non-hydrogen) atoms. The molecule has 0 fully saturated rings. The molecular weight excluding hydrogens is 196 g/mol. The smallest absolute Gasteiger partial charge is 0.172 e. The highest BCUT2D eigenvalue weighted by Crippen LogP contribution is 2.14. The van der Waals surface area contributed by atoms with E-state index in [9.17, 15) is 0 Å². The van der Waals surface area contributed by atoms with Crippen molar-refractivity contribution >= 4 is 23.0 Å². The fourth-order valence-electron chi connectivity index (χ4n) is 0.910. The average Bonchev–Trinajstić information content (AvgIpc) is 2.19. The van der Waals surface area contributed by atoms with Crippen LogP contribution in [-0.4, -0.2) is 31.2 Å². The van der Waals surface area contributed by atoms with Crippen LogP contribution in [0.4, 0.5) is 5.69 Å². The van der Waals surface area contributed by atoms with E-state index in [1.54, 1.807) is 7.11 Å². The topological polar surface area (TPSA) is 24.5 Å². The highest BCUT2D eigenvalue weighted by Gasteiger charge is 1.99. The molecule has 0 aliphatic carbocycles. The molecule has 0 saturated heterocycles. The molecule has 4 heteroatoms. The normalized spacial score (nSPS) is 9.36. The first kappa shape index (κ1) is 10.8. The Labute approximate surface area is 89.7 Å². The van der Waals surface area contributed by atoms with Gasteiger partial charge in [-0.25, -0.2) is 0 Å². The fourth-order valence-corrected chi connectivity index (χ4v) is 1.03.